The van der Waals surface area contributed by atoms with Gasteiger partial charge in [-0.1, -0.05) is 19.8 Å². The van der Waals surface area contributed by atoms with Gasteiger partial charge in [0.2, 0.25) is 0 Å². The number of fused-ring (bicyclic) bond motifs is 1. The maximum Gasteiger partial charge on any atom is 0.0613 e. The number of nitrogens with zero attached hydrogens (tertiary/aromatic N) is 1. The van der Waals surface area contributed by atoms with E-state index in [1.165, 1.54) is 51.5 Å². The van der Waals surface area contributed by atoms with Crippen LogP contribution in [-0.4, -0.2) is 47.3 Å². The van der Waals surface area contributed by atoms with Crippen LogP contribution in [0.1, 0.15) is 71.1 Å². The van der Waals surface area contributed by atoms with Crippen LogP contribution in [0.25, 0.3) is 0 Å². The summed E-state index contributed by atoms with van der Waals surface area (Å²) < 4.78 is 0. The third-order valence-electron chi connectivity index (χ3n) is 6.39. The van der Waals surface area contributed by atoms with E-state index in [0.29, 0.717) is 12.6 Å². The van der Waals surface area contributed by atoms with Crippen molar-refractivity contribution in [1.29, 1.82) is 0 Å². The number of hydrogen-bond donors (Lipinski definition) is 2. The first-order chi connectivity index (χ1) is 10.3. The van der Waals surface area contributed by atoms with Gasteiger partial charge in [0.25, 0.3) is 0 Å². The Labute approximate surface area is 130 Å². The molecule has 1 aliphatic heterocycles. The molecule has 3 rings (SSSR count). The van der Waals surface area contributed by atoms with Crippen molar-refractivity contribution in [3.05, 3.63) is 0 Å². The quantitative estimate of drug-likeness (QED) is 0.818. The predicted octanol–water partition coefficient (Wildman–Crippen LogP) is 2.92. The maximum atomic E-state index is 9.98. The Morgan fingerprint density at radius 1 is 1.14 bits per heavy atom. The lowest BCUT2D eigenvalue weighted by Gasteiger charge is -2.46. The largest absolute Gasteiger partial charge is 0.394 e. The first kappa shape index (κ1) is 15.8. The minimum absolute atomic E-state index is 0.00564. The highest BCUT2D eigenvalue weighted by atomic mass is 16.3. The number of likely N-dealkylation sites (tertiary alicyclic amines) is 1. The molecule has 3 nitrogen and oxygen atoms in total. The number of rotatable bonds is 5. The van der Waals surface area contributed by atoms with Crippen LogP contribution in [0, 0.1) is 5.92 Å². The van der Waals surface area contributed by atoms with Gasteiger partial charge in [-0.05, 0) is 70.4 Å². The van der Waals surface area contributed by atoms with Gasteiger partial charge in [-0.3, -0.25) is 4.90 Å². The molecular formula is C18H34N2O. The molecule has 122 valence electrons. The molecule has 4 atom stereocenters. The summed E-state index contributed by atoms with van der Waals surface area (Å²) in [7, 11) is 0. The fraction of sp³-hybridized carbons (Fsp3) is 1.00. The summed E-state index contributed by atoms with van der Waals surface area (Å²) in [6, 6.07) is 1.58. The average molecular weight is 294 g/mol. The summed E-state index contributed by atoms with van der Waals surface area (Å²) in [6.07, 6.45) is 13.3. The monoisotopic (exact) mass is 294 g/mol. The summed E-state index contributed by atoms with van der Waals surface area (Å²) in [5.41, 5.74) is 0.00564. The number of nitrogens with one attached hydrogen (secondary N) is 1. The molecule has 0 spiro atoms. The zero-order chi connectivity index (χ0) is 14.7. The van der Waals surface area contributed by atoms with Crippen molar-refractivity contribution >= 4 is 0 Å². The van der Waals surface area contributed by atoms with Crippen molar-refractivity contribution in [3.8, 4) is 0 Å². The van der Waals surface area contributed by atoms with E-state index in [4.69, 9.17) is 0 Å². The van der Waals surface area contributed by atoms with E-state index in [0.717, 1.165) is 37.8 Å². The van der Waals surface area contributed by atoms with Gasteiger partial charge in [-0.25, -0.2) is 0 Å². The van der Waals surface area contributed by atoms with Crippen LogP contribution in [-0.2, 0) is 0 Å². The van der Waals surface area contributed by atoms with Crippen molar-refractivity contribution in [2.45, 2.75) is 88.8 Å². The Hall–Kier alpha value is -0.120. The van der Waals surface area contributed by atoms with Crippen LogP contribution in [0.15, 0.2) is 0 Å². The maximum absolute atomic E-state index is 9.98. The fourth-order valence-corrected chi connectivity index (χ4v) is 5.26. The number of aliphatic hydroxyl groups is 1. The molecule has 3 heteroatoms. The van der Waals surface area contributed by atoms with E-state index in [-0.39, 0.29) is 5.54 Å². The zero-order valence-corrected chi connectivity index (χ0v) is 13.8. The summed E-state index contributed by atoms with van der Waals surface area (Å²) >= 11 is 0. The normalized spacial score (nSPS) is 41.1. The molecule has 1 saturated heterocycles. The Bertz CT molecular complexity index is 335. The van der Waals surface area contributed by atoms with Gasteiger partial charge in [-0.15, -0.1) is 0 Å². The smallest absolute Gasteiger partial charge is 0.0613 e. The lowest BCUT2D eigenvalue weighted by Crippen LogP contribution is -2.57. The Morgan fingerprint density at radius 2 is 2.00 bits per heavy atom. The van der Waals surface area contributed by atoms with E-state index in [1.807, 2.05) is 0 Å². The minimum atomic E-state index is 0.00564. The number of aliphatic hydroxyl groups excluding tert-OH is 1. The molecule has 0 aromatic heterocycles. The lowest BCUT2D eigenvalue weighted by atomic mass is 9.77. The van der Waals surface area contributed by atoms with Crippen LogP contribution < -0.4 is 5.32 Å². The second-order valence-electron chi connectivity index (χ2n) is 7.75. The molecule has 0 radical (unpaired) electrons. The second kappa shape index (κ2) is 6.97. The molecule has 3 aliphatic rings. The standard InChI is InChI=1S/C18H34N2O/c1-2-11-19-18(14-21)10-5-7-16(13-18)20-12-9-15-6-3-4-8-17(15)20/h15-17,19,21H,2-14H2,1H3. The molecule has 0 amide bonds. The van der Waals surface area contributed by atoms with E-state index in [2.05, 4.69) is 17.1 Å². The summed E-state index contributed by atoms with van der Waals surface area (Å²) in [5, 5.41) is 13.7. The summed E-state index contributed by atoms with van der Waals surface area (Å²) in [5.74, 6) is 0.979. The van der Waals surface area contributed by atoms with Crippen LogP contribution in [0.2, 0.25) is 0 Å². The number of hydrogen-bond acceptors (Lipinski definition) is 3. The summed E-state index contributed by atoms with van der Waals surface area (Å²) in [4.78, 5) is 2.85. The molecule has 4 unspecified atom stereocenters. The van der Waals surface area contributed by atoms with Gasteiger partial charge in [0.1, 0.15) is 0 Å². The molecule has 21 heavy (non-hydrogen) atoms. The van der Waals surface area contributed by atoms with Crippen molar-refractivity contribution in [2.75, 3.05) is 19.7 Å². The fourth-order valence-electron chi connectivity index (χ4n) is 5.26. The van der Waals surface area contributed by atoms with Crippen LogP contribution in [0.4, 0.5) is 0 Å². The Morgan fingerprint density at radius 3 is 2.81 bits per heavy atom. The molecule has 3 fully saturated rings. The van der Waals surface area contributed by atoms with Gasteiger partial charge in [0, 0.05) is 17.6 Å². The average Bonchev–Trinajstić information content (AvgIpc) is 2.97. The SMILES string of the molecule is CCCNC1(CO)CCCC(N2CCC3CCCCC32)C1. The third kappa shape index (κ3) is 3.30. The topological polar surface area (TPSA) is 35.5 Å². The highest BCUT2D eigenvalue weighted by molar-refractivity contribution is 5.00. The van der Waals surface area contributed by atoms with Crippen molar-refractivity contribution in [2.24, 2.45) is 5.92 Å². The third-order valence-corrected chi connectivity index (χ3v) is 6.39. The lowest BCUT2D eigenvalue weighted by molar-refractivity contribution is 0.0425. The van der Waals surface area contributed by atoms with Crippen molar-refractivity contribution in [1.82, 2.24) is 10.2 Å². The first-order valence-corrected chi connectivity index (χ1v) is 9.39. The molecule has 1 heterocycles. The highest BCUT2D eigenvalue weighted by Crippen LogP contribution is 2.41. The van der Waals surface area contributed by atoms with E-state index >= 15 is 0 Å². The van der Waals surface area contributed by atoms with Gasteiger partial charge >= 0.3 is 0 Å². The molecule has 0 aromatic rings. The van der Waals surface area contributed by atoms with Gasteiger partial charge in [0.15, 0.2) is 0 Å². The summed E-state index contributed by atoms with van der Waals surface area (Å²) in [6.45, 7) is 4.88. The Kier molecular flexibility index (Phi) is 5.23. The zero-order valence-electron chi connectivity index (χ0n) is 13.8. The minimum Gasteiger partial charge on any atom is -0.394 e. The predicted molar refractivity (Wildman–Crippen MR) is 87.4 cm³/mol. The molecule has 2 saturated carbocycles. The van der Waals surface area contributed by atoms with E-state index in [9.17, 15) is 5.11 Å². The molecule has 2 N–H and O–H groups in total. The van der Waals surface area contributed by atoms with Crippen molar-refractivity contribution < 1.29 is 5.11 Å². The molecule has 2 aliphatic carbocycles. The van der Waals surface area contributed by atoms with Crippen LogP contribution in [0.5, 0.6) is 0 Å². The van der Waals surface area contributed by atoms with Gasteiger partial charge in [0.05, 0.1) is 6.61 Å². The van der Waals surface area contributed by atoms with E-state index in [1.54, 1.807) is 0 Å². The van der Waals surface area contributed by atoms with Crippen LogP contribution in [0.3, 0.4) is 0 Å². The van der Waals surface area contributed by atoms with Gasteiger partial charge in [-0.2, -0.15) is 0 Å². The Balaban J connectivity index is 1.65. The first-order valence-electron chi connectivity index (χ1n) is 9.39. The van der Waals surface area contributed by atoms with E-state index < -0.39 is 0 Å². The molecule has 0 bridgehead atoms. The second-order valence-corrected chi connectivity index (χ2v) is 7.75. The molecule has 0 aromatic carbocycles. The molecular weight excluding hydrogens is 260 g/mol. The van der Waals surface area contributed by atoms with Gasteiger partial charge < -0.3 is 10.4 Å². The van der Waals surface area contributed by atoms with Crippen LogP contribution >= 0.6 is 0 Å². The highest BCUT2D eigenvalue weighted by Gasteiger charge is 2.43. The van der Waals surface area contributed by atoms with Crippen molar-refractivity contribution in [3.63, 3.8) is 0 Å².